The number of tetrazole rings is 1. The molecule has 1 aliphatic carbocycles. The number of nitrogens with one attached hydrogen (secondary N) is 1. The van der Waals surface area contributed by atoms with Gasteiger partial charge in [-0.1, -0.05) is 19.3 Å². The fourth-order valence-corrected chi connectivity index (χ4v) is 4.91. The largest absolute Gasteiger partial charge is 0.493 e. The molecule has 1 aromatic carbocycles. The van der Waals surface area contributed by atoms with E-state index in [0.29, 0.717) is 34.4 Å². The number of ether oxygens (including phenoxy) is 2. The summed E-state index contributed by atoms with van der Waals surface area (Å²) < 4.78 is 21.8. The predicted octanol–water partition coefficient (Wildman–Crippen LogP) is 3.76. The minimum absolute atomic E-state index is 0.0481. The van der Waals surface area contributed by atoms with Crippen molar-refractivity contribution in [2.45, 2.75) is 57.3 Å². The van der Waals surface area contributed by atoms with Crippen molar-refractivity contribution in [1.29, 1.82) is 0 Å². The van der Waals surface area contributed by atoms with E-state index < -0.39 is 11.9 Å². The first kappa shape index (κ1) is 27.0. The van der Waals surface area contributed by atoms with E-state index in [0.717, 1.165) is 32.1 Å². The van der Waals surface area contributed by atoms with E-state index in [9.17, 15) is 9.59 Å². The first-order chi connectivity index (χ1) is 19.6. The number of methoxy groups -OCH3 is 2. The van der Waals surface area contributed by atoms with Gasteiger partial charge in [0.25, 0.3) is 5.91 Å². The Bertz CT molecular complexity index is 1390. The normalized spacial score (nSPS) is 14.4. The number of carbonyl (C=O) groups is 2. The van der Waals surface area contributed by atoms with Crippen LogP contribution in [0.2, 0.25) is 0 Å². The van der Waals surface area contributed by atoms with E-state index in [-0.39, 0.29) is 25.0 Å². The van der Waals surface area contributed by atoms with Crippen molar-refractivity contribution in [3.8, 4) is 22.9 Å². The van der Waals surface area contributed by atoms with Crippen molar-refractivity contribution in [2.24, 2.45) is 0 Å². The Morgan fingerprint density at radius 1 is 1.05 bits per heavy atom. The van der Waals surface area contributed by atoms with E-state index in [1.807, 2.05) is 0 Å². The third kappa shape index (κ3) is 6.16. The Kier molecular flexibility index (Phi) is 8.43. The molecular formula is C28H32N6O6. The van der Waals surface area contributed by atoms with Gasteiger partial charge in [0.2, 0.25) is 11.7 Å². The van der Waals surface area contributed by atoms with E-state index in [1.54, 1.807) is 49.6 Å². The van der Waals surface area contributed by atoms with Crippen LogP contribution in [0.15, 0.2) is 63.8 Å². The molecule has 1 fully saturated rings. The summed E-state index contributed by atoms with van der Waals surface area (Å²) in [6.07, 6.45) is 8.11. The van der Waals surface area contributed by atoms with Gasteiger partial charge in [-0.05, 0) is 60.5 Å². The average molecular weight is 549 g/mol. The second kappa shape index (κ2) is 12.5. The van der Waals surface area contributed by atoms with Crippen LogP contribution in [0.3, 0.4) is 0 Å². The monoisotopic (exact) mass is 548 g/mol. The maximum atomic E-state index is 13.8. The number of aromatic nitrogens is 4. The molecule has 4 aromatic rings. The standard InChI is InChI=1S/C28H32N6O6/c1-37-22-13-12-19(16-24(22)38-2)27-30-32-34(31-27)18-25(35)33(17-21-10-6-14-39-21)26(23-11-7-15-40-23)28(36)29-20-8-4-3-5-9-20/h6-7,10-16,20,26H,3-5,8-9,17-18H2,1-2H3,(H,29,36)/t26-/m0/s1. The maximum absolute atomic E-state index is 13.8. The minimum atomic E-state index is -1.01. The molecule has 0 spiro atoms. The second-order valence-corrected chi connectivity index (χ2v) is 9.58. The number of furan rings is 2. The molecule has 3 aromatic heterocycles. The van der Waals surface area contributed by atoms with Crippen LogP contribution in [-0.4, -0.2) is 57.2 Å². The Labute approximate surface area is 231 Å². The van der Waals surface area contributed by atoms with E-state index in [4.69, 9.17) is 18.3 Å². The van der Waals surface area contributed by atoms with Crippen molar-refractivity contribution >= 4 is 11.8 Å². The summed E-state index contributed by atoms with van der Waals surface area (Å²) in [6, 6.07) is 11.2. The molecule has 12 nitrogen and oxygen atoms in total. The van der Waals surface area contributed by atoms with Gasteiger partial charge < -0.3 is 28.5 Å². The highest BCUT2D eigenvalue weighted by molar-refractivity contribution is 5.88. The third-order valence-electron chi connectivity index (χ3n) is 6.92. The highest BCUT2D eigenvalue weighted by Gasteiger charge is 2.35. The summed E-state index contributed by atoms with van der Waals surface area (Å²) >= 11 is 0. The van der Waals surface area contributed by atoms with Gasteiger partial charge in [-0.25, -0.2) is 0 Å². The van der Waals surface area contributed by atoms with Crippen LogP contribution in [0, 0.1) is 0 Å². The number of rotatable bonds is 11. The first-order valence-corrected chi connectivity index (χ1v) is 13.2. The smallest absolute Gasteiger partial charge is 0.250 e. The lowest BCUT2D eigenvalue weighted by Crippen LogP contribution is -2.47. The Hall–Kier alpha value is -4.61. The lowest BCUT2D eigenvalue weighted by atomic mass is 9.95. The average Bonchev–Trinajstić information content (AvgIpc) is 3.77. The zero-order valence-electron chi connectivity index (χ0n) is 22.5. The fourth-order valence-electron chi connectivity index (χ4n) is 4.91. The molecule has 0 bridgehead atoms. The van der Waals surface area contributed by atoms with Crippen molar-refractivity contribution in [3.63, 3.8) is 0 Å². The van der Waals surface area contributed by atoms with Gasteiger partial charge in [-0.3, -0.25) is 9.59 Å². The van der Waals surface area contributed by atoms with Gasteiger partial charge in [0, 0.05) is 11.6 Å². The fraction of sp³-hybridized carbons (Fsp3) is 0.393. The van der Waals surface area contributed by atoms with Crippen LogP contribution in [0.4, 0.5) is 0 Å². The topological polar surface area (TPSA) is 138 Å². The molecule has 0 aliphatic heterocycles. The number of carbonyl (C=O) groups excluding carboxylic acids is 2. The van der Waals surface area contributed by atoms with Crippen molar-refractivity contribution in [2.75, 3.05) is 14.2 Å². The van der Waals surface area contributed by atoms with Gasteiger partial charge in [-0.15, -0.1) is 10.2 Å². The van der Waals surface area contributed by atoms with Crippen molar-refractivity contribution in [3.05, 3.63) is 66.5 Å². The number of benzene rings is 1. The van der Waals surface area contributed by atoms with Crippen LogP contribution in [0.1, 0.15) is 49.7 Å². The molecule has 0 unspecified atom stereocenters. The van der Waals surface area contributed by atoms with Crippen LogP contribution < -0.4 is 14.8 Å². The van der Waals surface area contributed by atoms with E-state index in [1.165, 1.54) is 29.3 Å². The van der Waals surface area contributed by atoms with Crippen LogP contribution in [0.25, 0.3) is 11.4 Å². The van der Waals surface area contributed by atoms with Gasteiger partial charge in [0.15, 0.2) is 17.5 Å². The Morgan fingerprint density at radius 2 is 1.82 bits per heavy atom. The molecule has 0 saturated heterocycles. The van der Waals surface area contributed by atoms with E-state index in [2.05, 4.69) is 20.7 Å². The molecule has 5 rings (SSSR count). The molecule has 1 saturated carbocycles. The molecule has 1 aliphatic rings. The first-order valence-electron chi connectivity index (χ1n) is 13.2. The second-order valence-electron chi connectivity index (χ2n) is 9.58. The summed E-state index contributed by atoms with van der Waals surface area (Å²) in [5.74, 6) is 1.55. The van der Waals surface area contributed by atoms with Crippen molar-refractivity contribution in [1.82, 2.24) is 30.4 Å². The zero-order valence-corrected chi connectivity index (χ0v) is 22.5. The summed E-state index contributed by atoms with van der Waals surface area (Å²) in [4.78, 5) is 30.1. The number of hydrogen-bond acceptors (Lipinski definition) is 9. The van der Waals surface area contributed by atoms with Gasteiger partial charge in [0.1, 0.15) is 18.1 Å². The highest BCUT2D eigenvalue weighted by atomic mass is 16.5. The van der Waals surface area contributed by atoms with Crippen LogP contribution in [0.5, 0.6) is 11.5 Å². The van der Waals surface area contributed by atoms with Gasteiger partial charge >= 0.3 is 0 Å². The molecular weight excluding hydrogens is 516 g/mol. The molecule has 210 valence electrons. The lowest BCUT2D eigenvalue weighted by molar-refractivity contribution is -0.143. The molecule has 12 heteroatoms. The van der Waals surface area contributed by atoms with Gasteiger partial charge in [-0.2, -0.15) is 4.80 Å². The van der Waals surface area contributed by atoms with Crippen LogP contribution >= 0.6 is 0 Å². The van der Waals surface area contributed by atoms with Crippen LogP contribution in [-0.2, 0) is 22.7 Å². The predicted molar refractivity (Wildman–Crippen MR) is 142 cm³/mol. The molecule has 0 radical (unpaired) electrons. The molecule has 1 atom stereocenters. The molecule has 40 heavy (non-hydrogen) atoms. The summed E-state index contributed by atoms with van der Waals surface area (Å²) in [6.45, 7) is -0.207. The zero-order chi connectivity index (χ0) is 27.9. The molecule has 2 amide bonds. The quantitative estimate of drug-likeness (QED) is 0.297. The molecule has 3 heterocycles. The summed E-state index contributed by atoms with van der Waals surface area (Å²) in [5.41, 5.74) is 0.643. The number of amides is 2. The van der Waals surface area contributed by atoms with E-state index >= 15 is 0 Å². The Balaban J connectivity index is 1.40. The maximum Gasteiger partial charge on any atom is 0.250 e. The lowest BCUT2D eigenvalue weighted by Gasteiger charge is -2.31. The summed E-state index contributed by atoms with van der Waals surface area (Å²) in [7, 11) is 3.09. The minimum Gasteiger partial charge on any atom is -0.493 e. The SMILES string of the molecule is COc1ccc(-c2nnn(CC(=O)N(Cc3ccco3)[C@H](C(=O)NC3CCCCC3)c3ccco3)n2)cc1OC. The highest BCUT2D eigenvalue weighted by Crippen LogP contribution is 2.31. The summed E-state index contributed by atoms with van der Waals surface area (Å²) in [5, 5.41) is 15.7. The number of nitrogens with zero attached hydrogens (tertiary/aromatic N) is 5. The third-order valence-corrected chi connectivity index (χ3v) is 6.92. The Morgan fingerprint density at radius 3 is 2.52 bits per heavy atom. The molecule has 1 N–H and O–H groups in total. The van der Waals surface area contributed by atoms with Gasteiger partial charge in [0.05, 0.1) is 33.3 Å². The van der Waals surface area contributed by atoms with Crippen molar-refractivity contribution < 1.29 is 27.9 Å². The number of hydrogen-bond donors (Lipinski definition) is 1.